The molecule has 3 heterocycles. The van der Waals surface area contributed by atoms with E-state index in [-0.39, 0.29) is 11.6 Å². The molecule has 1 fully saturated rings. The van der Waals surface area contributed by atoms with Gasteiger partial charge in [0.05, 0.1) is 24.2 Å². The number of fused-ring (bicyclic) bond motifs is 3. The molecule has 3 aromatic rings. The number of para-hydroxylation sites is 1. The van der Waals surface area contributed by atoms with Gasteiger partial charge in [-0.2, -0.15) is 0 Å². The van der Waals surface area contributed by atoms with E-state index in [9.17, 15) is 4.79 Å². The first-order valence-electron chi connectivity index (χ1n) is 10.3. The van der Waals surface area contributed by atoms with Crippen LogP contribution in [0, 0.1) is 0 Å². The lowest BCUT2D eigenvalue weighted by molar-refractivity contribution is 0.142. The number of nitrogens with one attached hydrogen (secondary N) is 1. The van der Waals surface area contributed by atoms with Crippen LogP contribution in [0.2, 0.25) is 0 Å². The summed E-state index contributed by atoms with van der Waals surface area (Å²) < 4.78 is 5.31. The second-order valence-electron chi connectivity index (χ2n) is 8.08. The van der Waals surface area contributed by atoms with Gasteiger partial charge in [-0.05, 0) is 61.6 Å². The van der Waals surface area contributed by atoms with Crippen LogP contribution >= 0.6 is 0 Å². The minimum Gasteiger partial charge on any atom is -0.497 e. The Hall–Kier alpha value is -3.21. The van der Waals surface area contributed by atoms with E-state index in [1.807, 2.05) is 29.2 Å². The van der Waals surface area contributed by atoms with Crippen LogP contribution in [0.5, 0.6) is 5.75 Å². The third kappa shape index (κ3) is 2.07. The Labute approximate surface area is 169 Å². The number of anilines is 1. The molecule has 6 rings (SSSR count). The fraction of sp³-hybridized carbons (Fsp3) is 0.292. The third-order valence-corrected chi connectivity index (χ3v) is 6.77. The number of amides is 2. The number of hydrogen-bond donors (Lipinski definition) is 1. The zero-order chi connectivity index (χ0) is 19.6. The van der Waals surface area contributed by atoms with Gasteiger partial charge in [0, 0.05) is 17.4 Å². The molecular weight excluding hydrogens is 362 g/mol. The molecule has 1 aromatic heterocycles. The zero-order valence-corrected chi connectivity index (χ0v) is 16.4. The maximum atomic E-state index is 13.6. The Balaban J connectivity index is 1.57. The quantitative estimate of drug-likeness (QED) is 0.679. The van der Waals surface area contributed by atoms with Crippen LogP contribution in [-0.2, 0) is 12.0 Å². The van der Waals surface area contributed by atoms with Gasteiger partial charge < -0.3 is 14.6 Å². The standard InChI is InChI=1S/C24H23N3O2/c1-29-17-11-9-16(10-12-17)27-21-8-4-5-14-24(21)22-19(13-15-26(24)23(27)28)18-6-2-3-7-20(18)25-22/h2-3,6-12,25H,4-5,13-15H2,1H3. The molecule has 2 aromatic carbocycles. The molecule has 29 heavy (non-hydrogen) atoms. The average Bonchev–Trinajstić information content (AvgIpc) is 3.27. The molecule has 0 bridgehead atoms. The highest BCUT2D eigenvalue weighted by Gasteiger charge is 2.58. The fourth-order valence-electron chi connectivity index (χ4n) is 5.52. The van der Waals surface area contributed by atoms with Crippen molar-refractivity contribution >= 4 is 22.6 Å². The molecule has 2 aliphatic heterocycles. The van der Waals surface area contributed by atoms with Crippen molar-refractivity contribution in [1.29, 1.82) is 0 Å². The Kier molecular flexibility index (Phi) is 3.40. The molecule has 2 amide bonds. The van der Waals surface area contributed by atoms with Crippen molar-refractivity contribution in [3.63, 3.8) is 0 Å². The Bertz CT molecular complexity index is 1160. The lowest BCUT2D eigenvalue weighted by Gasteiger charge is -2.43. The lowest BCUT2D eigenvalue weighted by Crippen LogP contribution is -2.49. The first kappa shape index (κ1) is 16.7. The smallest absolute Gasteiger partial charge is 0.330 e. The van der Waals surface area contributed by atoms with E-state index in [1.165, 1.54) is 16.6 Å². The first-order chi connectivity index (χ1) is 14.2. The van der Waals surface area contributed by atoms with E-state index in [4.69, 9.17) is 4.74 Å². The summed E-state index contributed by atoms with van der Waals surface area (Å²) in [5.41, 5.74) is 5.35. The molecule has 1 unspecified atom stereocenters. The highest BCUT2D eigenvalue weighted by Crippen LogP contribution is 2.54. The number of methoxy groups -OCH3 is 1. The molecule has 1 atom stereocenters. The molecule has 146 valence electrons. The lowest BCUT2D eigenvalue weighted by atomic mass is 9.76. The van der Waals surface area contributed by atoms with Gasteiger partial charge in [-0.1, -0.05) is 24.3 Å². The molecule has 1 aliphatic carbocycles. The summed E-state index contributed by atoms with van der Waals surface area (Å²) in [5.74, 6) is 0.795. The molecule has 1 saturated heterocycles. The van der Waals surface area contributed by atoms with Gasteiger partial charge in [0.1, 0.15) is 11.3 Å². The number of ether oxygens (including phenoxy) is 1. The van der Waals surface area contributed by atoms with Crippen LogP contribution in [0.15, 0.2) is 60.3 Å². The van der Waals surface area contributed by atoms with Gasteiger partial charge in [-0.3, -0.25) is 4.90 Å². The van der Waals surface area contributed by atoms with Crippen molar-refractivity contribution in [3.8, 4) is 5.75 Å². The zero-order valence-electron chi connectivity index (χ0n) is 16.4. The molecular formula is C24H23N3O2. The van der Waals surface area contributed by atoms with Crippen LogP contribution in [0.25, 0.3) is 10.9 Å². The maximum absolute atomic E-state index is 13.6. The SMILES string of the molecule is COc1ccc(N2C(=O)N3CCc4c([nH]c5ccccc45)C34CCCC=C24)cc1. The van der Waals surface area contributed by atoms with Crippen LogP contribution in [0.4, 0.5) is 10.5 Å². The second-order valence-corrected chi connectivity index (χ2v) is 8.08. The van der Waals surface area contributed by atoms with E-state index in [2.05, 4.69) is 40.2 Å². The summed E-state index contributed by atoms with van der Waals surface area (Å²) in [6.07, 6.45) is 6.19. The summed E-state index contributed by atoms with van der Waals surface area (Å²) in [5, 5.41) is 1.29. The molecule has 0 saturated carbocycles. The molecule has 1 N–H and O–H groups in total. The van der Waals surface area contributed by atoms with E-state index < -0.39 is 0 Å². The van der Waals surface area contributed by atoms with Crippen molar-refractivity contribution in [2.75, 3.05) is 18.6 Å². The molecule has 1 spiro atoms. The average molecular weight is 385 g/mol. The monoisotopic (exact) mass is 385 g/mol. The Morgan fingerprint density at radius 3 is 2.76 bits per heavy atom. The van der Waals surface area contributed by atoms with E-state index in [0.29, 0.717) is 0 Å². The number of aromatic nitrogens is 1. The fourth-order valence-corrected chi connectivity index (χ4v) is 5.52. The summed E-state index contributed by atoms with van der Waals surface area (Å²) in [4.78, 5) is 21.4. The predicted molar refractivity (Wildman–Crippen MR) is 113 cm³/mol. The largest absolute Gasteiger partial charge is 0.497 e. The summed E-state index contributed by atoms with van der Waals surface area (Å²) in [7, 11) is 1.66. The number of benzene rings is 2. The number of hydrogen-bond acceptors (Lipinski definition) is 2. The number of carbonyl (C=O) groups excluding carboxylic acids is 1. The highest BCUT2D eigenvalue weighted by molar-refractivity contribution is 6.01. The normalized spacial score (nSPS) is 22.9. The maximum Gasteiger partial charge on any atom is 0.330 e. The van der Waals surface area contributed by atoms with Gasteiger partial charge >= 0.3 is 6.03 Å². The minimum absolute atomic E-state index is 0.0765. The number of H-pyrrole nitrogens is 1. The van der Waals surface area contributed by atoms with Crippen LogP contribution < -0.4 is 9.64 Å². The van der Waals surface area contributed by atoms with Crippen molar-refractivity contribution in [2.24, 2.45) is 0 Å². The van der Waals surface area contributed by atoms with Crippen LogP contribution in [0.3, 0.4) is 0 Å². The Morgan fingerprint density at radius 2 is 1.93 bits per heavy atom. The van der Waals surface area contributed by atoms with Gasteiger partial charge in [0.15, 0.2) is 0 Å². The topological polar surface area (TPSA) is 48.6 Å². The van der Waals surface area contributed by atoms with Crippen molar-refractivity contribution < 1.29 is 9.53 Å². The van der Waals surface area contributed by atoms with E-state index in [0.717, 1.165) is 54.9 Å². The molecule has 0 radical (unpaired) electrons. The number of rotatable bonds is 2. The summed E-state index contributed by atoms with van der Waals surface area (Å²) in [6, 6.07) is 16.4. The van der Waals surface area contributed by atoms with E-state index >= 15 is 0 Å². The van der Waals surface area contributed by atoms with Gasteiger partial charge in [0.2, 0.25) is 0 Å². The predicted octanol–water partition coefficient (Wildman–Crippen LogP) is 4.94. The van der Waals surface area contributed by atoms with Crippen molar-refractivity contribution in [1.82, 2.24) is 9.88 Å². The first-order valence-corrected chi connectivity index (χ1v) is 10.3. The highest BCUT2D eigenvalue weighted by atomic mass is 16.5. The second kappa shape index (κ2) is 5.89. The minimum atomic E-state index is -0.387. The number of nitrogens with zero attached hydrogens (tertiary/aromatic N) is 2. The third-order valence-electron chi connectivity index (χ3n) is 6.77. The Morgan fingerprint density at radius 1 is 1.10 bits per heavy atom. The molecule has 3 aliphatic rings. The molecule has 5 nitrogen and oxygen atoms in total. The van der Waals surface area contributed by atoms with Gasteiger partial charge in [-0.25, -0.2) is 4.79 Å². The van der Waals surface area contributed by atoms with Crippen molar-refractivity contribution in [2.45, 2.75) is 31.2 Å². The number of urea groups is 1. The van der Waals surface area contributed by atoms with Crippen LogP contribution in [0.1, 0.15) is 30.5 Å². The van der Waals surface area contributed by atoms with Crippen molar-refractivity contribution in [3.05, 3.63) is 71.6 Å². The number of aromatic amines is 1. The molecule has 5 heteroatoms. The van der Waals surface area contributed by atoms with Gasteiger partial charge in [0.25, 0.3) is 0 Å². The van der Waals surface area contributed by atoms with Crippen LogP contribution in [-0.4, -0.2) is 29.6 Å². The van der Waals surface area contributed by atoms with Gasteiger partial charge in [-0.15, -0.1) is 0 Å². The number of allylic oxidation sites excluding steroid dienone is 1. The number of carbonyl (C=O) groups is 1. The van der Waals surface area contributed by atoms with E-state index in [1.54, 1.807) is 7.11 Å². The summed E-state index contributed by atoms with van der Waals surface area (Å²) in [6.45, 7) is 0.748. The summed E-state index contributed by atoms with van der Waals surface area (Å²) >= 11 is 0.